The molecule has 0 aromatic heterocycles. The maximum atomic E-state index is 12.4. The van der Waals surface area contributed by atoms with Crippen molar-refractivity contribution in [2.75, 3.05) is 13.1 Å². The van der Waals surface area contributed by atoms with Crippen molar-refractivity contribution in [1.82, 2.24) is 15.3 Å². The minimum atomic E-state index is -0.640. The Morgan fingerprint density at radius 3 is 2.30 bits per heavy atom. The number of rotatable bonds is 5. The van der Waals surface area contributed by atoms with E-state index in [0.29, 0.717) is 19.4 Å². The van der Waals surface area contributed by atoms with Crippen LogP contribution in [-0.2, 0) is 14.4 Å². The number of imide groups is 1. The molecule has 1 fully saturated rings. The van der Waals surface area contributed by atoms with Crippen LogP contribution in [0.5, 0.6) is 0 Å². The lowest BCUT2D eigenvalue weighted by Gasteiger charge is -2.35. The summed E-state index contributed by atoms with van der Waals surface area (Å²) < 4.78 is 0. The maximum absolute atomic E-state index is 12.4. The standard InChI is InChI=1S/C16H25N3O4/c1-15(2)10-11(16(3,4)19(15)23)14(22)17-8-5-9-18-12(20)6-7-13(18)21/h6-7,11,23H,5,8-10H2,1-4H3,(H,17,22)/t11-/m1/s1. The van der Waals surface area contributed by atoms with Gasteiger partial charge < -0.3 is 10.5 Å². The van der Waals surface area contributed by atoms with Gasteiger partial charge in [-0.15, -0.1) is 0 Å². The summed E-state index contributed by atoms with van der Waals surface area (Å²) >= 11 is 0. The minimum Gasteiger partial charge on any atom is -0.356 e. The van der Waals surface area contributed by atoms with Crippen molar-refractivity contribution in [3.8, 4) is 0 Å². The summed E-state index contributed by atoms with van der Waals surface area (Å²) in [5.41, 5.74) is -1.09. The van der Waals surface area contributed by atoms with Crippen molar-refractivity contribution in [2.45, 2.75) is 51.6 Å². The lowest BCUT2D eigenvalue weighted by molar-refractivity contribution is -0.197. The summed E-state index contributed by atoms with van der Waals surface area (Å²) in [6.07, 6.45) is 3.57. The van der Waals surface area contributed by atoms with Crippen LogP contribution in [0.2, 0.25) is 0 Å². The number of hydroxylamine groups is 2. The van der Waals surface area contributed by atoms with E-state index in [2.05, 4.69) is 5.32 Å². The Labute approximate surface area is 136 Å². The van der Waals surface area contributed by atoms with Crippen LogP contribution >= 0.6 is 0 Å². The Bertz CT molecular complexity index is 536. The van der Waals surface area contributed by atoms with E-state index >= 15 is 0 Å². The van der Waals surface area contributed by atoms with Crippen LogP contribution < -0.4 is 5.32 Å². The lowest BCUT2D eigenvalue weighted by atomic mass is 9.86. The normalized spacial score (nSPS) is 26.1. The summed E-state index contributed by atoms with van der Waals surface area (Å²) in [6, 6.07) is 0. The summed E-state index contributed by atoms with van der Waals surface area (Å²) in [4.78, 5) is 36.4. The average Bonchev–Trinajstić information content (AvgIpc) is 2.86. The number of nitrogens with zero attached hydrogens (tertiary/aromatic N) is 2. The van der Waals surface area contributed by atoms with Gasteiger partial charge in [0, 0.05) is 30.8 Å². The molecule has 2 N–H and O–H groups in total. The predicted molar refractivity (Wildman–Crippen MR) is 83.4 cm³/mol. The Balaban J connectivity index is 1.82. The lowest BCUT2D eigenvalue weighted by Crippen LogP contribution is -2.50. The SMILES string of the molecule is CC1(C)C[C@H](C(=O)NCCCN2C(=O)C=CC2=O)C(C)(C)N1O. The van der Waals surface area contributed by atoms with Crippen molar-refractivity contribution in [2.24, 2.45) is 5.92 Å². The molecule has 0 aromatic rings. The van der Waals surface area contributed by atoms with Gasteiger partial charge in [0.2, 0.25) is 5.91 Å². The van der Waals surface area contributed by atoms with E-state index in [0.717, 1.165) is 4.90 Å². The predicted octanol–water partition coefficient (Wildman–Crippen LogP) is 0.686. The topological polar surface area (TPSA) is 90.0 Å². The highest BCUT2D eigenvalue weighted by atomic mass is 16.5. The molecule has 7 heteroatoms. The van der Waals surface area contributed by atoms with E-state index in [-0.39, 0.29) is 30.2 Å². The molecule has 0 spiro atoms. The van der Waals surface area contributed by atoms with E-state index in [1.807, 2.05) is 27.7 Å². The molecule has 7 nitrogen and oxygen atoms in total. The van der Waals surface area contributed by atoms with Gasteiger partial charge in [0.25, 0.3) is 11.8 Å². The zero-order chi connectivity index (χ0) is 17.4. The molecule has 23 heavy (non-hydrogen) atoms. The van der Waals surface area contributed by atoms with Crippen LogP contribution in [0.4, 0.5) is 0 Å². The number of nitrogens with one attached hydrogen (secondary N) is 1. The fraction of sp³-hybridized carbons (Fsp3) is 0.688. The third-order valence-corrected chi connectivity index (χ3v) is 4.75. The van der Waals surface area contributed by atoms with E-state index < -0.39 is 11.1 Å². The fourth-order valence-corrected chi connectivity index (χ4v) is 3.40. The number of amides is 3. The quantitative estimate of drug-likeness (QED) is 0.574. The molecule has 0 aliphatic carbocycles. The van der Waals surface area contributed by atoms with Gasteiger partial charge in [-0.2, -0.15) is 5.06 Å². The Morgan fingerprint density at radius 1 is 1.26 bits per heavy atom. The molecule has 2 heterocycles. The van der Waals surface area contributed by atoms with Gasteiger partial charge in [0.1, 0.15) is 0 Å². The van der Waals surface area contributed by atoms with Crippen molar-refractivity contribution >= 4 is 17.7 Å². The molecule has 0 unspecified atom stereocenters. The minimum absolute atomic E-state index is 0.114. The first-order valence-corrected chi connectivity index (χ1v) is 7.88. The molecule has 128 valence electrons. The summed E-state index contributed by atoms with van der Waals surface area (Å²) in [5, 5.41) is 14.3. The van der Waals surface area contributed by atoms with Crippen LogP contribution in [0.25, 0.3) is 0 Å². The van der Waals surface area contributed by atoms with Crippen LogP contribution in [0, 0.1) is 5.92 Å². The van der Waals surface area contributed by atoms with Gasteiger partial charge in [-0.3, -0.25) is 19.3 Å². The Kier molecular flexibility index (Phi) is 4.64. The number of hydrogen-bond acceptors (Lipinski definition) is 5. The van der Waals surface area contributed by atoms with E-state index in [4.69, 9.17) is 0 Å². The zero-order valence-corrected chi connectivity index (χ0v) is 14.1. The van der Waals surface area contributed by atoms with Crippen LogP contribution in [0.15, 0.2) is 12.2 Å². The number of carbonyl (C=O) groups excluding carboxylic acids is 3. The maximum Gasteiger partial charge on any atom is 0.253 e. The van der Waals surface area contributed by atoms with Crippen LogP contribution in [0.3, 0.4) is 0 Å². The van der Waals surface area contributed by atoms with E-state index in [1.165, 1.54) is 17.2 Å². The van der Waals surface area contributed by atoms with Crippen molar-refractivity contribution in [3.63, 3.8) is 0 Å². The zero-order valence-electron chi connectivity index (χ0n) is 14.1. The number of hydrogen-bond donors (Lipinski definition) is 2. The molecule has 0 aromatic carbocycles. The third-order valence-electron chi connectivity index (χ3n) is 4.75. The Morgan fingerprint density at radius 2 is 1.83 bits per heavy atom. The van der Waals surface area contributed by atoms with Crippen molar-refractivity contribution < 1.29 is 19.6 Å². The van der Waals surface area contributed by atoms with Crippen molar-refractivity contribution in [1.29, 1.82) is 0 Å². The summed E-state index contributed by atoms with van der Waals surface area (Å²) in [5.74, 6) is -1.05. The molecule has 2 rings (SSSR count). The second-order valence-electron chi connectivity index (χ2n) is 7.34. The Hall–Kier alpha value is -1.73. The molecule has 3 amide bonds. The molecule has 2 aliphatic heterocycles. The van der Waals surface area contributed by atoms with Crippen molar-refractivity contribution in [3.05, 3.63) is 12.2 Å². The third kappa shape index (κ3) is 3.30. The van der Waals surface area contributed by atoms with Gasteiger partial charge >= 0.3 is 0 Å². The molecule has 0 radical (unpaired) electrons. The average molecular weight is 323 g/mol. The monoisotopic (exact) mass is 323 g/mol. The fourth-order valence-electron chi connectivity index (χ4n) is 3.40. The first-order chi connectivity index (χ1) is 10.6. The summed E-state index contributed by atoms with van der Waals surface area (Å²) in [7, 11) is 0. The molecule has 2 aliphatic rings. The highest BCUT2D eigenvalue weighted by Crippen LogP contribution is 2.43. The van der Waals surface area contributed by atoms with Gasteiger partial charge in [-0.25, -0.2) is 0 Å². The first-order valence-electron chi connectivity index (χ1n) is 7.88. The van der Waals surface area contributed by atoms with Gasteiger partial charge in [-0.1, -0.05) is 0 Å². The van der Waals surface area contributed by atoms with E-state index in [9.17, 15) is 19.6 Å². The number of carbonyl (C=O) groups is 3. The van der Waals surface area contributed by atoms with Crippen LogP contribution in [-0.4, -0.2) is 57.1 Å². The second-order valence-corrected chi connectivity index (χ2v) is 7.34. The van der Waals surface area contributed by atoms with E-state index in [1.54, 1.807) is 0 Å². The highest BCUT2D eigenvalue weighted by Gasteiger charge is 2.54. The highest BCUT2D eigenvalue weighted by molar-refractivity contribution is 6.12. The van der Waals surface area contributed by atoms with Gasteiger partial charge in [0.05, 0.1) is 11.5 Å². The first kappa shape index (κ1) is 17.6. The summed E-state index contributed by atoms with van der Waals surface area (Å²) in [6.45, 7) is 8.17. The molecular formula is C16H25N3O4. The van der Waals surface area contributed by atoms with Gasteiger partial charge in [0.15, 0.2) is 0 Å². The van der Waals surface area contributed by atoms with Gasteiger partial charge in [-0.05, 0) is 40.5 Å². The molecule has 0 saturated carbocycles. The molecular weight excluding hydrogens is 298 g/mol. The molecule has 0 bridgehead atoms. The smallest absolute Gasteiger partial charge is 0.253 e. The largest absolute Gasteiger partial charge is 0.356 e. The van der Waals surface area contributed by atoms with Crippen LogP contribution in [0.1, 0.15) is 40.5 Å². The second kappa shape index (κ2) is 6.05. The molecule has 1 atom stereocenters. The molecule has 1 saturated heterocycles.